The van der Waals surface area contributed by atoms with Gasteiger partial charge in [-0.25, -0.2) is 4.39 Å². The molecular weight excluding hydrogens is 503 g/mol. The van der Waals surface area contributed by atoms with Gasteiger partial charge in [0, 0.05) is 13.1 Å². The van der Waals surface area contributed by atoms with Crippen LogP contribution in [0.3, 0.4) is 0 Å². The van der Waals surface area contributed by atoms with E-state index in [1.807, 2.05) is 31.2 Å². The number of ether oxygens (including phenoxy) is 1. The number of aliphatic hydroxyl groups is 1. The van der Waals surface area contributed by atoms with Crippen molar-refractivity contribution in [1.82, 2.24) is 21.3 Å². The smallest absolute Gasteiger partial charge is 0.270 e. The predicted octanol–water partition coefficient (Wildman–Crippen LogP) is 1.43. The summed E-state index contributed by atoms with van der Waals surface area (Å²) in [6, 6.07) is 11.9. The number of aliphatic hydroxyl groups excluding tert-OH is 1. The summed E-state index contributed by atoms with van der Waals surface area (Å²) >= 11 is 0. The number of benzene rings is 2. The summed E-state index contributed by atoms with van der Waals surface area (Å²) < 4.78 is 19.8. The zero-order valence-corrected chi connectivity index (χ0v) is 22.1. The molecule has 9 nitrogen and oxygen atoms in total. The topological polar surface area (TPSA) is 129 Å². The molecule has 1 heterocycles. The van der Waals surface area contributed by atoms with Gasteiger partial charge >= 0.3 is 0 Å². The van der Waals surface area contributed by atoms with E-state index in [-0.39, 0.29) is 24.9 Å². The molecule has 2 aromatic carbocycles. The Bertz CT molecular complexity index is 1160. The zero-order valence-electron chi connectivity index (χ0n) is 22.1. The van der Waals surface area contributed by atoms with Gasteiger partial charge in [-0.1, -0.05) is 50.1 Å². The SMILES string of the molecule is C[C@@H]1CNC(=O)[C@H](CC2CC2)NC(=O)[C@@H](O)NC(=O)[C@@H](Cc2cccc(F)c2)NCCOc2ccccc2C1. The van der Waals surface area contributed by atoms with Crippen molar-refractivity contribution < 1.29 is 28.6 Å². The van der Waals surface area contributed by atoms with Gasteiger partial charge in [-0.05, 0) is 60.4 Å². The molecule has 3 amide bonds. The molecule has 0 unspecified atom stereocenters. The molecule has 2 aliphatic rings. The van der Waals surface area contributed by atoms with E-state index in [4.69, 9.17) is 4.74 Å². The standard InChI is InChI=1S/C29H37FN4O5/c1-18-13-21-6-2-3-8-25(21)39-12-11-31-23(16-20-5-4-7-22(30)14-20)27(36)34-29(38)28(37)33-24(15-19-9-10-19)26(35)32-17-18/h2-8,14,18-19,23-24,29,31,38H,9-13,15-17H2,1H3,(H,32,35)(H,33,37)(H,34,36)/t18-,23+,24-,29+/m0/s1. The third kappa shape index (κ3) is 8.76. The highest BCUT2D eigenvalue weighted by Crippen LogP contribution is 2.33. The molecule has 0 radical (unpaired) electrons. The number of hydrogen-bond donors (Lipinski definition) is 5. The maximum Gasteiger partial charge on any atom is 0.270 e. The van der Waals surface area contributed by atoms with E-state index in [9.17, 15) is 23.9 Å². The second-order valence-electron chi connectivity index (χ2n) is 10.5. The van der Waals surface area contributed by atoms with Crippen LogP contribution in [0.4, 0.5) is 4.39 Å². The fourth-order valence-corrected chi connectivity index (χ4v) is 4.68. The Kier molecular flexibility index (Phi) is 9.89. The summed E-state index contributed by atoms with van der Waals surface area (Å²) in [6.45, 7) is 2.98. The summed E-state index contributed by atoms with van der Waals surface area (Å²) in [4.78, 5) is 38.9. The van der Waals surface area contributed by atoms with Gasteiger partial charge in [0.2, 0.25) is 18.0 Å². The molecule has 0 bridgehead atoms. The van der Waals surface area contributed by atoms with Crippen LogP contribution in [-0.2, 0) is 27.2 Å². The van der Waals surface area contributed by atoms with Crippen molar-refractivity contribution in [1.29, 1.82) is 0 Å². The molecule has 1 saturated carbocycles. The van der Waals surface area contributed by atoms with Gasteiger partial charge in [-0.2, -0.15) is 0 Å². The minimum absolute atomic E-state index is 0.105. The Balaban J connectivity index is 1.53. The Hall–Kier alpha value is -3.50. The van der Waals surface area contributed by atoms with Crippen molar-refractivity contribution in [2.24, 2.45) is 11.8 Å². The number of carbonyl (C=O) groups excluding carboxylic acids is 3. The van der Waals surface area contributed by atoms with Crippen molar-refractivity contribution in [2.45, 2.75) is 57.3 Å². The van der Waals surface area contributed by atoms with Gasteiger partial charge in [0.15, 0.2) is 0 Å². The molecule has 10 heteroatoms. The quantitative estimate of drug-likeness (QED) is 0.399. The van der Waals surface area contributed by atoms with E-state index in [1.165, 1.54) is 12.1 Å². The monoisotopic (exact) mass is 540 g/mol. The summed E-state index contributed by atoms with van der Waals surface area (Å²) in [6.07, 6.45) is 1.38. The number of amides is 3. The van der Waals surface area contributed by atoms with Crippen molar-refractivity contribution in [3.8, 4) is 5.75 Å². The maximum absolute atomic E-state index is 13.8. The Labute approximate surface area is 227 Å². The lowest BCUT2D eigenvalue weighted by Crippen LogP contribution is -2.57. The molecule has 39 heavy (non-hydrogen) atoms. The van der Waals surface area contributed by atoms with E-state index in [0.717, 1.165) is 24.2 Å². The number of hydrogen-bond acceptors (Lipinski definition) is 6. The normalized spacial score (nSPS) is 25.7. The molecule has 1 fully saturated rings. The van der Waals surface area contributed by atoms with Gasteiger partial charge < -0.3 is 31.1 Å². The molecule has 1 aliphatic carbocycles. The van der Waals surface area contributed by atoms with Crippen LogP contribution in [0.1, 0.15) is 37.3 Å². The van der Waals surface area contributed by atoms with E-state index in [2.05, 4.69) is 21.3 Å². The minimum atomic E-state index is -1.86. The number of para-hydroxylation sites is 1. The second kappa shape index (κ2) is 13.5. The molecule has 5 N–H and O–H groups in total. The molecule has 4 atom stereocenters. The van der Waals surface area contributed by atoms with Crippen molar-refractivity contribution >= 4 is 17.7 Å². The highest BCUT2D eigenvalue weighted by atomic mass is 19.1. The fraction of sp³-hybridized carbons (Fsp3) is 0.483. The first-order valence-electron chi connectivity index (χ1n) is 13.5. The highest BCUT2D eigenvalue weighted by Gasteiger charge is 2.33. The first kappa shape index (κ1) is 28.5. The van der Waals surface area contributed by atoms with Crippen LogP contribution >= 0.6 is 0 Å². The summed E-state index contributed by atoms with van der Waals surface area (Å²) in [5, 5.41) is 21.4. The first-order valence-corrected chi connectivity index (χ1v) is 13.5. The van der Waals surface area contributed by atoms with Crippen LogP contribution in [0.15, 0.2) is 48.5 Å². The number of halogens is 1. The van der Waals surface area contributed by atoms with Gasteiger partial charge in [-0.3, -0.25) is 14.4 Å². The van der Waals surface area contributed by atoms with Crippen LogP contribution in [0.25, 0.3) is 0 Å². The Morgan fingerprint density at radius 2 is 1.77 bits per heavy atom. The predicted molar refractivity (Wildman–Crippen MR) is 143 cm³/mol. The largest absolute Gasteiger partial charge is 0.492 e. The lowest BCUT2D eigenvalue weighted by molar-refractivity contribution is -0.139. The lowest BCUT2D eigenvalue weighted by Gasteiger charge is -2.24. The number of fused-ring (bicyclic) bond motifs is 1. The highest BCUT2D eigenvalue weighted by molar-refractivity contribution is 5.92. The third-order valence-electron chi connectivity index (χ3n) is 6.99. The molecule has 0 aromatic heterocycles. The van der Waals surface area contributed by atoms with Gasteiger partial charge in [-0.15, -0.1) is 0 Å². The molecular formula is C29H37FN4O5. The van der Waals surface area contributed by atoms with E-state index in [1.54, 1.807) is 12.1 Å². The zero-order chi connectivity index (χ0) is 27.8. The second-order valence-corrected chi connectivity index (χ2v) is 10.5. The number of nitrogens with one attached hydrogen (secondary N) is 4. The number of rotatable bonds is 4. The number of carbonyl (C=O) groups is 3. The van der Waals surface area contributed by atoms with Crippen molar-refractivity contribution in [3.63, 3.8) is 0 Å². The minimum Gasteiger partial charge on any atom is -0.492 e. The fourth-order valence-electron chi connectivity index (χ4n) is 4.68. The lowest BCUT2D eigenvalue weighted by atomic mass is 10.00. The molecule has 0 saturated heterocycles. The van der Waals surface area contributed by atoms with Crippen LogP contribution < -0.4 is 26.0 Å². The molecule has 1 aliphatic heterocycles. The van der Waals surface area contributed by atoms with Crippen molar-refractivity contribution in [2.75, 3.05) is 19.7 Å². The van der Waals surface area contributed by atoms with Gasteiger partial charge in [0.05, 0.1) is 6.04 Å². The van der Waals surface area contributed by atoms with E-state index >= 15 is 0 Å². The van der Waals surface area contributed by atoms with Crippen LogP contribution in [0.2, 0.25) is 0 Å². The van der Waals surface area contributed by atoms with Crippen LogP contribution in [0.5, 0.6) is 5.75 Å². The molecule has 210 valence electrons. The molecule has 4 rings (SSSR count). The Morgan fingerprint density at radius 1 is 0.974 bits per heavy atom. The van der Waals surface area contributed by atoms with Crippen LogP contribution in [-0.4, -0.2) is 60.8 Å². The first-order chi connectivity index (χ1) is 18.8. The maximum atomic E-state index is 13.8. The Morgan fingerprint density at radius 3 is 2.54 bits per heavy atom. The van der Waals surface area contributed by atoms with Crippen molar-refractivity contribution in [3.05, 3.63) is 65.5 Å². The average Bonchev–Trinajstić information content (AvgIpc) is 3.73. The van der Waals surface area contributed by atoms with Crippen LogP contribution in [0, 0.1) is 17.7 Å². The summed E-state index contributed by atoms with van der Waals surface area (Å²) in [5.41, 5.74) is 1.57. The summed E-state index contributed by atoms with van der Waals surface area (Å²) in [5.74, 6) is -1.08. The average molecular weight is 541 g/mol. The molecule has 0 spiro atoms. The summed E-state index contributed by atoms with van der Waals surface area (Å²) in [7, 11) is 0. The third-order valence-corrected chi connectivity index (χ3v) is 6.99. The van der Waals surface area contributed by atoms with E-state index in [0.29, 0.717) is 37.4 Å². The van der Waals surface area contributed by atoms with E-state index < -0.39 is 35.9 Å². The van der Waals surface area contributed by atoms with Gasteiger partial charge in [0.25, 0.3) is 5.91 Å². The van der Waals surface area contributed by atoms with Gasteiger partial charge in [0.1, 0.15) is 24.2 Å². The molecule has 2 aromatic rings.